The molecule has 1 aliphatic rings. The minimum absolute atomic E-state index is 0.127. The Labute approximate surface area is 125 Å². The molecule has 0 amide bonds. The summed E-state index contributed by atoms with van der Waals surface area (Å²) in [6.45, 7) is 8.11. The normalized spacial score (nSPS) is 23.3. The summed E-state index contributed by atoms with van der Waals surface area (Å²) in [7, 11) is 0. The van der Waals surface area contributed by atoms with Gasteiger partial charge in [0.1, 0.15) is 0 Å². The van der Waals surface area contributed by atoms with Crippen molar-refractivity contribution < 1.29 is 9.53 Å². The van der Waals surface area contributed by atoms with Gasteiger partial charge < -0.3 is 4.74 Å². The van der Waals surface area contributed by atoms with Gasteiger partial charge in [0.2, 0.25) is 0 Å². The van der Waals surface area contributed by atoms with Gasteiger partial charge in [0.05, 0.1) is 22.6 Å². The summed E-state index contributed by atoms with van der Waals surface area (Å²) in [6, 6.07) is 9.57. The lowest BCUT2D eigenvalue weighted by atomic mass is 9.81. The molecule has 0 bridgehead atoms. The Kier molecular flexibility index (Phi) is 3.14. The van der Waals surface area contributed by atoms with Crippen molar-refractivity contribution in [2.45, 2.75) is 45.3 Å². The number of carbonyl (C=O) groups is 1. The zero-order valence-electron chi connectivity index (χ0n) is 13.0. The topological polar surface area (TPSA) is 39.2 Å². The molecule has 1 fully saturated rings. The van der Waals surface area contributed by atoms with Gasteiger partial charge >= 0.3 is 0 Å². The van der Waals surface area contributed by atoms with Crippen LogP contribution in [0.25, 0.3) is 10.9 Å². The van der Waals surface area contributed by atoms with Crippen molar-refractivity contribution in [2.75, 3.05) is 0 Å². The lowest BCUT2D eigenvalue weighted by Crippen LogP contribution is -2.33. The van der Waals surface area contributed by atoms with Crippen LogP contribution in [-0.4, -0.2) is 22.0 Å². The summed E-state index contributed by atoms with van der Waals surface area (Å²) in [6.07, 6.45) is 2.50. The number of Topliss-reactive ketones (excluding diaryl/α,β-unsaturated/α-hetero) is 1. The number of aromatic nitrogens is 1. The molecule has 0 spiro atoms. The summed E-state index contributed by atoms with van der Waals surface area (Å²) < 4.78 is 6.07. The van der Waals surface area contributed by atoms with E-state index in [0.717, 1.165) is 22.9 Å². The highest BCUT2D eigenvalue weighted by Gasteiger charge is 2.49. The first-order chi connectivity index (χ1) is 9.80. The van der Waals surface area contributed by atoms with Gasteiger partial charge in [0.25, 0.3) is 0 Å². The van der Waals surface area contributed by atoms with Gasteiger partial charge in [-0.1, -0.05) is 18.2 Å². The Morgan fingerprint density at radius 1 is 1.19 bits per heavy atom. The van der Waals surface area contributed by atoms with E-state index >= 15 is 0 Å². The van der Waals surface area contributed by atoms with Crippen molar-refractivity contribution in [2.24, 2.45) is 5.92 Å². The zero-order chi connectivity index (χ0) is 15.3. The minimum atomic E-state index is -0.440. The number of carbonyl (C=O) groups excluding carboxylic acids is 1. The highest BCUT2D eigenvalue weighted by atomic mass is 16.5. The molecule has 1 saturated heterocycles. The predicted molar refractivity (Wildman–Crippen MR) is 83.4 cm³/mol. The molecule has 3 rings (SSSR count). The van der Waals surface area contributed by atoms with Crippen molar-refractivity contribution >= 4 is 16.7 Å². The second-order valence-electron chi connectivity index (χ2n) is 6.96. The Morgan fingerprint density at radius 3 is 2.62 bits per heavy atom. The molecule has 1 atom stereocenters. The number of hydrogen-bond donors (Lipinski definition) is 0. The van der Waals surface area contributed by atoms with Crippen molar-refractivity contribution in [1.29, 1.82) is 0 Å². The van der Waals surface area contributed by atoms with Crippen LogP contribution in [0.1, 0.15) is 44.5 Å². The minimum Gasteiger partial charge on any atom is -0.369 e. The van der Waals surface area contributed by atoms with E-state index in [4.69, 9.17) is 4.74 Å². The number of nitrogens with zero attached hydrogens (tertiary/aromatic N) is 1. The standard InChI is InChI=1S/C18H21NO2/c1-17(2)11-14(18(3,4)21-17)16(20)13-7-5-9-15-12(13)8-6-10-19-15/h5-10,14H,11H2,1-4H3. The lowest BCUT2D eigenvalue weighted by Gasteiger charge is -2.26. The molecular weight excluding hydrogens is 262 g/mol. The average Bonchev–Trinajstić information content (AvgIpc) is 2.65. The maximum absolute atomic E-state index is 13.1. The van der Waals surface area contributed by atoms with Crippen LogP contribution in [-0.2, 0) is 4.74 Å². The Balaban J connectivity index is 2.06. The fourth-order valence-corrected chi connectivity index (χ4v) is 3.48. The van der Waals surface area contributed by atoms with Crippen molar-refractivity contribution in [3.8, 4) is 0 Å². The van der Waals surface area contributed by atoms with Gasteiger partial charge in [-0.2, -0.15) is 0 Å². The number of ketones is 1. The Bertz CT molecular complexity index is 698. The highest BCUT2D eigenvalue weighted by Crippen LogP contribution is 2.43. The number of ether oxygens (including phenoxy) is 1. The van der Waals surface area contributed by atoms with Crippen molar-refractivity contribution in [1.82, 2.24) is 4.98 Å². The van der Waals surface area contributed by atoms with Crippen molar-refractivity contribution in [3.63, 3.8) is 0 Å². The van der Waals surface area contributed by atoms with E-state index < -0.39 is 5.60 Å². The van der Waals surface area contributed by atoms with Crippen molar-refractivity contribution in [3.05, 3.63) is 42.1 Å². The van der Waals surface area contributed by atoms with Gasteiger partial charge in [-0.15, -0.1) is 0 Å². The van der Waals surface area contributed by atoms with Crippen LogP contribution in [0.15, 0.2) is 36.5 Å². The molecule has 1 aliphatic heterocycles. The second kappa shape index (κ2) is 4.63. The zero-order valence-corrected chi connectivity index (χ0v) is 13.0. The number of rotatable bonds is 2. The van der Waals surface area contributed by atoms with Gasteiger partial charge in [-0.05, 0) is 46.2 Å². The summed E-state index contributed by atoms with van der Waals surface area (Å²) in [4.78, 5) is 17.4. The number of fused-ring (bicyclic) bond motifs is 1. The third-order valence-corrected chi connectivity index (χ3v) is 4.30. The molecule has 1 unspecified atom stereocenters. The van der Waals surface area contributed by atoms with E-state index in [-0.39, 0.29) is 17.3 Å². The molecule has 0 aliphatic carbocycles. The van der Waals surface area contributed by atoms with E-state index in [1.165, 1.54) is 0 Å². The summed E-state index contributed by atoms with van der Waals surface area (Å²) in [5, 5.41) is 0.922. The lowest BCUT2D eigenvalue weighted by molar-refractivity contribution is -0.0712. The molecule has 0 N–H and O–H groups in total. The molecular formula is C18H21NO2. The summed E-state index contributed by atoms with van der Waals surface area (Å²) in [5.74, 6) is 0.0301. The fourth-order valence-electron chi connectivity index (χ4n) is 3.48. The van der Waals surface area contributed by atoms with E-state index in [2.05, 4.69) is 4.98 Å². The largest absolute Gasteiger partial charge is 0.369 e. The van der Waals surface area contributed by atoms with Crippen LogP contribution < -0.4 is 0 Å². The average molecular weight is 283 g/mol. The molecule has 1 aromatic heterocycles. The van der Waals surface area contributed by atoms with Crippen LogP contribution in [0.5, 0.6) is 0 Å². The van der Waals surface area contributed by atoms with Crippen LogP contribution in [0.4, 0.5) is 0 Å². The van der Waals surface area contributed by atoms with E-state index in [1.807, 2.05) is 58.0 Å². The Morgan fingerprint density at radius 2 is 1.95 bits per heavy atom. The molecule has 3 nitrogen and oxygen atoms in total. The molecule has 0 saturated carbocycles. The third kappa shape index (κ3) is 2.46. The predicted octanol–water partition coefficient (Wildman–Crippen LogP) is 4.01. The second-order valence-corrected chi connectivity index (χ2v) is 6.96. The Hall–Kier alpha value is -1.74. The van der Waals surface area contributed by atoms with Gasteiger partial charge in [-0.3, -0.25) is 9.78 Å². The van der Waals surface area contributed by atoms with Crippen LogP contribution in [0.3, 0.4) is 0 Å². The fraction of sp³-hybridized carbons (Fsp3) is 0.444. The maximum Gasteiger partial charge on any atom is 0.169 e. The SMILES string of the molecule is CC1(C)CC(C(=O)c2cccc3ncccc23)C(C)(C)O1. The van der Waals surface area contributed by atoms with Gasteiger partial charge in [-0.25, -0.2) is 0 Å². The first-order valence-corrected chi connectivity index (χ1v) is 7.38. The number of benzene rings is 1. The molecule has 2 heterocycles. The van der Waals surface area contributed by atoms with Crippen LogP contribution >= 0.6 is 0 Å². The van der Waals surface area contributed by atoms with Gasteiger partial charge in [0, 0.05) is 17.1 Å². The smallest absolute Gasteiger partial charge is 0.169 e. The van der Waals surface area contributed by atoms with E-state index in [1.54, 1.807) is 6.20 Å². The number of hydrogen-bond acceptors (Lipinski definition) is 3. The first-order valence-electron chi connectivity index (χ1n) is 7.38. The summed E-state index contributed by atoms with van der Waals surface area (Å²) in [5.41, 5.74) is 0.914. The third-order valence-electron chi connectivity index (χ3n) is 4.30. The molecule has 3 heteroatoms. The maximum atomic E-state index is 13.1. The molecule has 2 aromatic rings. The summed E-state index contributed by atoms with van der Waals surface area (Å²) >= 11 is 0. The monoisotopic (exact) mass is 283 g/mol. The quantitative estimate of drug-likeness (QED) is 0.782. The van der Waals surface area contributed by atoms with Crippen LogP contribution in [0, 0.1) is 5.92 Å². The molecule has 0 radical (unpaired) electrons. The van der Waals surface area contributed by atoms with E-state index in [9.17, 15) is 4.79 Å². The van der Waals surface area contributed by atoms with Crippen LogP contribution in [0.2, 0.25) is 0 Å². The first kappa shape index (κ1) is 14.2. The van der Waals surface area contributed by atoms with E-state index in [0.29, 0.717) is 0 Å². The number of pyridine rings is 1. The van der Waals surface area contributed by atoms with Gasteiger partial charge in [0.15, 0.2) is 5.78 Å². The molecule has 1 aromatic carbocycles. The molecule has 110 valence electrons. The highest BCUT2D eigenvalue weighted by molar-refractivity contribution is 6.08. The molecule has 21 heavy (non-hydrogen) atoms.